The van der Waals surface area contributed by atoms with E-state index >= 15 is 0 Å². The van der Waals surface area contributed by atoms with Crippen LogP contribution >= 0.6 is 0 Å². The number of rotatable bonds is 8. The number of benzene rings is 2. The highest BCUT2D eigenvalue weighted by Crippen LogP contribution is 2.23. The molecule has 140 valence electrons. The second-order valence-electron chi connectivity index (χ2n) is 5.89. The van der Waals surface area contributed by atoms with E-state index in [2.05, 4.69) is 20.6 Å². The van der Waals surface area contributed by atoms with E-state index < -0.39 is 0 Å². The van der Waals surface area contributed by atoms with E-state index in [0.717, 1.165) is 34.3 Å². The van der Waals surface area contributed by atoms with Gasteiger partial charge in [-0.3, -0.25) is 0 Å². The molecule has 3 rings (SSSR count). The Kier molecular flexibility index (Phi) is 6.10. The van der Waals surface area contributed by atoms with Gasteiger partial charge in [0, 0.05) is 23.1 Å². The minimum Gasteiger partial charge on any atom is -0.494 e. The molecule has 6 heteroatoms. The van der Waals surface area contributed by atoms with E-state index in [-0.39, 0.29) is 0 Å². The number of aromatic nitrogens is 2. The van der Waals surface area contributed by atoms with Gasteiger partial charge >= 0.3 is 0 Å². The fraction of sp³-hybridized carbons (Fsp3) is 0.238. The highest BCUT2D eigenvalue weighted by molar-refractivity contribution is 5.62. The first-order valence-corrected chi connectivity index (χ1v) is 9.01. The molecule has 1 heterocycles. The second-order valence-corrected chi connectivity index (χ2v) is 5.89. The Morgan fingerprint density at radius 3 is 1.81 bits per heavy atom. The summed E-state index contributed by atoms with van der Waals surface area (Å²) in [6.07, 6.45) is 1.79. The van der Waals surface area contributed by atoms with Crippen molar-refractivity contribution in [3.63, 3.8) is 0 Å². The summed E-state index contributed by atoms with van der Waals surface area (Å²) >= 11 is 0. The lowest BCUT2D eigenvalue weighted by Gasteiger charge is -2.12. The molecule has 0 saturated carbocycles. The maximum absolute atomic E-state index is 5.47. The largest absolute Gasteiger partial charge is 0.494 e. The number of hydrogen-bond donors (Lipinski definition) is 2. The van der Waals surface area contributed by atoms with Gasteiger partial charge in [0.15, 0.2) is 0 Å². The lowest BCUT2D eigenvalue weighted by Crippen LogP contribution is -2.03. The van der Waals surface area contributed by atoms with Crippen LogP contribution in [0.15, 0.2) is 54.7 Å². The highest BCUT2D eigenvalue weighted by atomic mass is 16.5. The van der Waals surface area contributed by atoms with E-state index in [0.29, 0.717) is 19.2 Å². The summed E-state index contributed by atoms with van der Waals surface area (Å²) in [5.74, 6) is 2.96. The molecule has 0 atom stereocenters. The topological polar surface area (TPSA) is 68.3 Å². The van der Waals surface area contributed by atoms with Gasteiger partial charge in [0.05, 0.1) is 13.2 Å². The third kappa shape index (κ3) is 5.10. The van der Waals surface area contributed by atoms with E-state index in [9.17, 15) is 0 Å². The number of nitrogens with zero attached hydrogens (tertiary/aromatic N) is 2. The first kappa shape index (κ1) is 18.5. The molecule has 0 fully saturated rings. The van der Waals surface area contributed by atoms with Crippen molar-refractivity contribution in [2.24, 2.45) is 0 Å². The Labute approximate surface area is 159 Å². The summed E-state index contributed by atoms with van der Waals surface area (Å²) in [5, 5.41) is 6.54. The van der Waals surface area contributed by atoms with Gasteiger partial charge in [0.1, 0.15) is 17.3 Å². The molecule has 27 heavy (non-hydrogen) atoms. The molecule has 2 N–H and O–H groups in total. The zero-order valence-electron chi connectivity index (χ0n) is 15.8. The lowest BCUT2D eigenvalue weighted by molar-refractivity contribution is 0.340. The zero-order chi connectivity index (χ0) is 19.1. The van der Waals surface area contributed by atoms with Gasteiger partial charge in [-0.1, -0.05) is 0 Å². The molecule has 0 aliphatic rings. The zero-order valence-corrected chi connectivity index (χ0v) is 15.8. The molecule has 0 spiro atoms. The molecule has 0 saturated heterocycles. The van der Waals surface area contributed by atoms with Crippen LogP contribution in [0.5, 0.6) is 11.5 Å². The van der Waals surface area contributed by atoms with Crippen molar-refractivity contribution in [1.29, 1.82) is 0 Å². The van der Waals surface area contributed by atoms with Gasteiger partial charge in [-0.25, -0.2) is 4.98 Å². The summed E-state index contributed by atoms with van der Waals surface area (Å²) in [7, 11) is 0. The average molecular weight is 364 g/mol. The minimum atomic E-state index is 0.526. The molecule has 3 aromatic rings. The van der Waals surface area contributed by atoms with Gasteiger partial charge < -0.3 is 20.1 Å². The number of aryl methyl sites for hydroxylation is 1. The molecular weight excluding hydrogens is 340 g/mol. The fourth-order valence-electron chi connectivity index (χ4n) is 2.50. The second kappa shape index (κ2) is 8.89. The van der Waals surface area contributed by atoms with Gasteiger partial charge in [0.25, 0.3) is 0 Å². The molecule has 0 amide bonds. The Bertz CT molecular complexity index is 864. The first-order chi connectivity index (χ1) is 13.2. The molecule has 0 aliphatic heterocycles. The van der Waals surface area contributed by atoms with Crippen LogP contribution in [0.4, 0.5) is 23.1 Å². The number of ether oxygens (including phenoxy) is 2. The third-order valence-corrected chi connectivity index (χ3v) is 3.82. The first-order valence-electron chi connectivity index (χ1n) is 9.01. The van der Waals surface area contributed by atoms with E-state index in [1.54, 1.807) is 6.20 Å². The Morgan fingerprint density at radius 2 is 1.30 bits per heavy atom. The number of nitrogens with one attached hydrogen (secondary N) is 2. The highest BCUT2D eigenvalue weighted by Gasteiger charge is 2.06. The fourth-order valence-corrected chi connectivity index (χ4v) is 2.50. The van der Waals surface area contributed by atoms with E-state index in [4.69, 9.17) is 9.47 Å². The van der Waals surface area contributed by atoms with Gasteiger partial charge in [0.2, 0.25) is 5.95 Å². The van der Waals surface area contributed by atoms with E-state index in [1.807, 2.05) is 69.3 Å². The van der Waals surface area contributed by atoms with Crippen LogP contribution in [-0.2, 0) is 0 Å². The van der Waals surface area contributed by atoms with Crippen LogP contribution < -0.4 is 20.1 Å². The van der Waals surface area contributed by atoms with Crippen LogP contribution in [0, 0.1) is 6.92 Å². The standard InChI is InChI=1S/C21H24N4O2/c1-4-26-18-10-6-16(7-11-18)23-20-15(3)14-22-21(25-20)24-17-8-12-19(13-9-17)27-5-2/h6-14H,4-5H2,1-3H3,(H2,22,23,24,25). The molecule has 0 bridgehead atoms. The Balaban J connectivity index is 1.71. The molecular formula is C21H24N4O2. The molecule has 1 aromatic heterocycles. The van der Waals surface area contributed by atoms with Gasteiger partial charge in [-0.05, 0) is 69.3 Å². The summed E-state index contributed by atoms with van der Waals surface area (Å²) in [6.45, 7) is 7.20. The van der Waals surface area contributed by atoms with E-state index in [1.165, 1.54) is 0 Å². The van der Waals surface area contributed by atoms with Crippen molar-refractivity contribution in [3.05, 3.63) is 60.3 Å². The maximum Gasteiger partial charge on any atom is 0.229 e. The van der Waals surface area contributed by atoms with Crippen molar-refractivity contribution in [3.8, 4) is 11.5 Å². The molecule has 6 nitrogen and oxygen atoms in total. The molecule has 0 aliphatic carbocycles. The molecule has 0 unspecified atom stereocenters. The lowest BCUT2D eigenvalue weighted by atomic mass is 10.3. The van der Waals surface area contributed by atoms with Crippen molar-refractivity contribution in [2.45, 2.75) is 20.8 Å². The van der Waals surface area contributed by atoms with Crippen LogP contribution in [0.25, 0.3) is 0 Å². The van der Waals surface area contributed by atoms with Crippen molar-refractivity contribution in [2.75, 3.05) is 23.8 Å². The monoisotopic (exact) mass is 364 g/mol. The SMILES string of the molecule is CCOc1ccc(Nc2ncc(C)c(Nc3ccc(OCC)cc3)n2)cc1. The summed E-state index contributed by atoms with van der Waals surface area (Å²) in [6, 6.07) is 15.5. The van der Waals surface area contributed by atoms with Crippen LogP contribution in [-0.4, -0.2) is 23.2 Å². The average Bonchev–Trinajstić information content (AvgIpc) is 2.68. The maximum atomic E-state index is 5.47. The third-order valence-electron chi connectivity index (χ3n) is 3.82. The normalized spacial score (nSPS) is 10.3. The summed E-state index contributed by atoms with van der Waals surface area (Å²) in [4.78, 5) is 8.94. The number of hydrogen-bond acceptors (Lipinski definition) is 6. The van der Waals surface area contributed by atoms with Crippen molar-refractivity contribution >= 4 is 23.1 Å². The summed E-state index contributed by atoms with van der Waals surface area (Å²) in [5.41, 5.74) is 2.79. The van der Waals surface area contributed by atoms with Crippen molar-refractivity contribution in [1.82, 2.24) is 9.97 Å². The Hall–Kier alpha value is -3.28. The van der Waals surface area contributed by atoms with Crippen molar-refractivity contribution < 1.29 is 9.47 Å². The number of anilines is 4. The predicted octanol–water partition coefficient (Wildman–Crippen LogP) is 5.07. The Morgan fingerprint density at radius 1 is 0.778 bits per heavy atom. The van der Waals surface area contributed by atoms with Gasteiger partial charge in [-0.2, -0.15) is 4.98 Å². The molecule has 0 radical (unpaired) electrons. The van der Waals surface area contributed by atoms with Gasteiger partial charge in [-0.15, -0.1) is 0 Å². The van der Waals surface area contributed by atoms with Crippen LogP contribution in [0.1, 0.15) is 19.4 Å². The van der Waals surface area contributed by atoms with Crippen LogP contribution in [0.2, 0.25) is 0 Å². The quantitative estimate of drug-likeness (QED) is 0.582. The van der Waals surface area contributed by atoms with Crippen LogP contribution in [0.3, 0.4) is 0 Å². The minimum absolute atomic E-state index is 0.526. The molecule has 2 aromatic carbocycles. The smallest absolute Gasteiger partial charge is 0.229 e. The summed E-state index contributed by atoms with van der Waals surface area (Å²) < 4.78 is 10.9. The predicted molar refractivity (Wildman–Crippen MR) is 109 cm³/mol.